The topological polar surface area (TPSA) is 13.1 Å². The minimum Gasteiger partial charge on any atom is -0.337 e. The van der Waals surface area contributed by atoms with Gasteiger partial charge in [0.15, 0.2) is 0 Å². The van der Waals surface area contributed by atoms with Gasteiger partial charge in [0, 0.05) is 56.8 Å². The van der Waals surface area contributed by atoms with Crippen LogP contribution >= 0.6 is 0 Å². The first-order valence-corrected chi connectivity index (χ1v) is 20.9. The van der Waals surface area contributed by atoms with E-state index in [1.165, 1.54) is 94.2 Å². The van der Waals surface area contributed by atoms with E-state index in [2.05, 4.69) is 196 Å². The van der Waals surface area contributed by atoms with Gasteiger partial charge in [0.1, 0.15) is 0 Å². The van der Waals surface area contributed by atoms with Gasteiger partial charge in [0.2, 0.25) is 0 Å². The Morgan fingerprint density at radius 2 is 1.10 bits per heavy atom. The first-order valence-electron chi connectivity index (χ1n) is 20.9. The van der Waals surface area contributed by atoms with Gasteiger partial charge >= 0.3 is 0 Å². The Hall–Kier alpha value is -6.84. The summed E-state index contributed by atoms with van der Waals surface area (Å²) in [6, 6.07) is 51.7. The monoisotopic (exact) mass is 745 g/mol. The number of hydrogen-bond donors (Lipinski definition) is 0. The molecule has 4 aliphatic rings. The van der Waals surface area contributed by atoms with Crippen LogP contribution in [0.3, 0.4) is 0 Å². The molecule has 0 saturated heterocycles. The molecule has 0 radical (unpaired) electrons. The fraction of sp³-hybridized carbons (Fsp3) is 0.127. The maximum Gasteiger partial charge on any atom is 0.0541 e. The summed E-state index contributed by atoms with van der Waals surface area (Å²) in [6.07, 6.45) is 22.3. The van der Waals surface area contributed by atoms with Crippen LogP contribution in [-0.2, 0) is 0 Å². The number of hydrogen-bond acceptors (Lipinski definition) is 1. The summed E-state index contributed by atoms with van der Waals surface area (Å²) < 4.78 is 4.84. The molecule has 3 aliphatic carbocycles. The second-order valence-corrected chi connectivity index (χ2v) is 16.3. The largest absolute Gasteiger partial charge is 0.337 e. The molecule has 0 fully saturated rings. The van der Waals surface area contributed by atoms with Crippen LogP contribution < -0.4 is 0 Å². The van der Waals surface area contributed by atoms with E-state index in [1.807, 2.05) is 0 Å². The minimum atomic E-state index is 0.307. The highest BCUT2D eigenvalue weighted by molar-refractivity contribution is 6.12. The number of aromatic nitrogens is 2. The lowest BCUT2D eigenvalue weighted by Crippen LogP contribution is -2.31. The Balaban J connectivity index is 0.989. The van der Waals surface area contributed by atoms with E-state index in [9.17, 15) is 0 Å². The van der Waals surface area contributed by atoms with Crippen LogP contribution in [-0.4, -0.2) is 20.6 Å². The summed E-state index contributed by atoms with van der Waals surface area (Å²) in [5.74, 6) is 0.307. The average Bonchev–Trinajstić information content (AvgIpc) is 3.81. The molecule has 0 bridgehead atoms. The van der Waals surface area contributed by atoms with Gasteiger partial charge in [-0.3, -0.25) is 0 Å². The summed E-state index contributed by atoms with van der Waals surface area (Å²) in [6.45, 7) is 0.963. The first kappa shape index (κ1) is 33.3. The zero-order chi connectivity index (χ0) is 38.2. The lowest BCUT2D eigenvalue weighted by Gasteiger charge is -2.39. The molecular formula is C55H43N3. The van der Waals surface area contributed by atoms with Crippen molar-refractivity contribution in [2.24, 2.45) is 0 Å². The molecule has 8 aromatic rings. The maximum absolute atomic E-state index is 2.57. The normalized spacial score (nSPS) is 17.8. The SMILES string of the molecule is C1=CC(N2CC3=C(CCC=C3)C3=C2C=CC(c2ccc4c(c2)c2cc(-c5ccc6c(c5)c5ccccc5n6-c5ccccc5)ccc2n4-c2ccccc2)C3)=CCC1. The summed E-state index contributed by atoms with van der Waals surface area (Å²) >= 11 is 0. The summed E-state index contributed by atoms with van der Waals surface area (Å²) in [7, 11) is 0. The summed E-state index contributed by atoms with van der Waals surface area (Å²) in [5.41, 5.74) is 18.5. The Morgan fingerprint density at radius 3 is 1.81 bits per heavy atom. The molecule has 0 saturated carbocycles. The molecule has 12 rings (SSSR count). The van der Waals surface area contributed by atoms with Crippen LogP contribution in [0, 0.1) is 0 Å². The molecule has 58 heavy (non-hydrogen) atoms. The molecular weight excluding hydrogens is 703 g/mol. The average molecular weight is 746 g/mol. The van der Waals surface area contributed by atoms with E-state index in [0.29, 0.717) is 5.92 Å². The highest BCUT2D eigenvalue weighted by Gasteiger charge is 2.31. The zero-order valence-corrected chi connectivity index (χ0v) is 32.5. The quantitative estimate of drug-likeness (QED) is 0.171. The molecule has 0 spiro atoms. The van der Waals surface area contributed by atoms with Crippen molar-refractivity contribution < 1.29 is 0 Å². The molecule has 2 aromatic heterocycles. The Labute approximate surface area is 339 Å². The Morgan fingerprint density at radius 1 is 0.483 bits per heavy atom. The lowest BCUT2D eigenvalue weighted by atomic mass is 9.78. The van der Waals surface area contributed by atoms with E-state index < -0.39 is 0 Å². The second kappa shape index (κ2) is 13.4. The van der Waals surface area contributed by atoms with Crippen LogP contribution in [0.1, 0.15) is 43.6 Å². The number of benzene rings is 6. The third kappa shape index (κ3) is 5.27. The number of rotatable bonds is 5. The van der Waals surface area contributed by atoms with Crippen LogP contribution in [0.5, 0.6) is 0 Å². The molecule has 3 nitrogen and oxygen atoms in total. The van der Waals surface area contributed by atoms with Crippen molar-refractivity contribution in [2.45, 2.75) is 38.0 Å². The fourth-order valence-corrected chi connectivity index (χ4v) is 10.3. The van der Waals surface area contributed by atoms with Crippen molar-refractivity contribution in [1.82, 2.24) is 14.0 Å². The second-order valence-electron chi connectivity index (χ2n) is 16.3. The van der Waals surface area contributed by atoms with Crippen LogP contribution in [0.4, 0.5) is 0 Å². The molecule has 6 aromatic carbocycles. The first-order chi connectivity index (χ1) is 28.8. The molecule has 1 aliphatic heterocycles. The highest BCUT2D eigenvalue weighted by Crippen LogP contribution is 2.46. The van der Waals surface area contributed by atoms with Gasteiger partial charge in [-0.15, -0.1) is 0 Å². The van der Waals surface area contributed by atoms with E-state index >= 15 is 0 Å². The van der Waals surface area contributed by atoms with Crippen molar-refractivity contribution >= 4 is 43.6 Å². The van der Waals surface area contributed by atoms with Gasteiger partial charge in [0.05, 0.1) is 22.1 Å². The van der Waals surface area contributed by atoms with Gasteiger partial charge in [-0.05, 0) is 144 Å². The molecule has 3 heterocycles. The maximum atomic E-state index is 2.57. The smallest absolute Gasteiger partial charge is 0.0541 e. The highest BCUT2D eigenvalue weighted by atomic mass is 15.2. The van der Waals surface area contributed by atoms with E-state index in [4.69, 9.17) is 0 Å². The van der Waals surface area contributed by atoms with Crippen molar-refractivity contribution in [1.29, 1.82) is 0 Å². The van der Waals surface area contributed by atoms with E-state index in [0.717, 1.165) is 38.6 Å². The number of fused-ring (bicyclic) bond motifs is 7. The number of nitrogens with zero attached hydrogens (tertiary/aromatic N) is 3. The predicted molar refractivity (Wildman–Crippen MR) is 243 cm³/mol. The summed E-state index contributed by atoms with van der Waals surface area (Å²) in [5, 5.41) is 5.13. The van der Waals surface area contributed by atoms with Gasteiger partial charge < -0.3 is 14.0 Å². The molecule has 3 heteroatoms. The van der Waals surface area contributed by atoms with Crippen LogP contribution in [0.2, 0.25) is 0 Å². The van der Waals surface area contributed by atoms with E-state index in [-0.39, 0.29) is 0 Å². The molecule has 1 atom stereocenters. The van der Waals surface area contributed by atoms with Crippen LogP contribution in [0.15, 0.2) is 210 Å². The number of para-hydroxylation sites is 3. The Kier molecular flexibility index (Phi) is 7.69. The third-order valence-corrected chi connectivity index (χ3v) is 13.0. The van der Waals surface area contributed by atoms with Crippen LogP contribution in [0.25, 0.3) is 66.1 Å². The zero-order valence-electron chi connectivity index (χ0n) is 32.5. The fourth-order valence-electron chi connectivity index (χ4n) is 10.3. The van der Waals surface area contributed by atoms with Crippen molar-refractivity contribution in [3.8, 4) is 22.5 Å². The standard InChI is InChI=1S/C55H43N3/c1-4-15-42(16-5-1)56-36-41-14-10-11-21-45(41)47-32-37(24-28-51(47)56)39-26-30-54-49(34-39)50-35-40(27-31-55(50)58(54)44-19-8-3-9-20-44)38-25-29-53-48(33-38)46-22-12-13-23-52(46)57(53)43-17-6-2-7-18-43/h2-4,6-10,12-20,22-31,33-35,37H,1,5,11,21,32,36H2. The number of allylic oxidation sites excluding steroid dienone is 8. The predicted octanol–water partition coefficient (Wildman–Crippen LogP) is 14.0. The Bertz CT molecular complexity index is 3160. The van der Waals surface area contributed by atoms with Gasteiger partial charge in [-0.2, -0.15) is 0 Å². The van der Waals surface area contributed by atoms with E-state index in [1.54, 1.807) is 5.57 Å². The van der Waals surface area contributed by atoms with Crippen molar-refractivity contribution in [2.75, 3.05) is 6.54 Å². The van der Waals surface area contributed by atoms with Gasteiger partial charge in [-0.1, -0.05) is 103 Å². The van der Waals surface area contributed by atoms with Gasteiger partial charge in [0.25, 0.3) is 0 Å². The molecule has 0 N–H and O–H groups in total. The van der Waals surface area contributed by atoms with Gasteiger partial charge in [-0.25, -0.2) is 0 Å². The molecule has 0 amide bonds. The molecule has 1 unspecified atom stereocenters. The molecule has 278 valence electrons. The third-order valence-electron chi connectivity index (χ3n) is 13.0. The van der Waals surface area contributed by atoms with Crippen molar-refractivity contribution in [3.05, 3.63) is 216 Å². The minimum absolute atomic E-state index is 0.307. The summed E-state index contributed by atoms with van der Waals surface area (Å²) in [4.78, 5) is 2.57. The van der Waals surface area contributed by atoms with Crippen molar-refractivity contribution in [3.63, 3.8) is 0 Å². The lowest BCUT2D eigenvalue weighted by molar-refractivity contribution is 0.461.